The Kier molecular flexibility index (Phi) is 4.89. The molecule has 0 amide bonds. The number of hydrogen-bond donors (Lipinski definition) is 0. The van der Waals surface area contributed by atoms with Crippen LogP contribution in [0.15, 0.2) is 60.9 Å². The molecular weight excluding hydrogens is 354 g/mol. The van der Waals surface area contributed by atoms with Crippen molar-refractivity contribution in [2.45, 2.75) is 19.4 Å². The van der Waals surface area contributed by atoms with Crippen LogP contribution in [-0.2, 0) is 17.8 Å². The van der Waals surface area contributed by atoms with Gasteiger partial charge in [-0.3, -0.25) is 9.78 Å². The van der Waals surface area contributed by atoms with Crippen LogP contribution in [0.1, 0.15) is 38.3 Å². The van der Waals surface area contributed by atoms with Crippen LogP contribution in [0.5, 0.6) is 5.75 Å². The van der Waals surface area contributed by atoms with Crippen LogP contribution >= 0.6 is 0 Å². The van der Waals surface area contributed by atoms with Crippen LogP contribution in [-0.4, -0.2) is 23.8 Å². The summed E-state index contributed by atoms with van der Waals surface area (Å²) in [6.45, 7) is 0.453. The molecule has 0 atom stereocenters. The van der Waals surface area contributed by atoms with Crippen LogP contribution in [0.25, 0.3) is 11.1 Å². The number of rotatable bonds is 5. The molecule has 28 heavy (non-hydrogen) atoms. The highest BCUT2D eigenvalue weighted by Crippen LogP contribution is 2.37. The largest absolute Gasteiger partial charge is 0.488 e. The topological polar surface area (TPSA) is 65.5 Å². The zero-order valence-electron chi connectivity index (χ0n) is 15.5. The predicted octanol–water partition coefficient (Wildman–Crippen LogP) is 4.24. The molecule has 0 N–H and O–H groups in total. The number of ketones is 1. The summed E-state index contributed by atoms with van der Waals surface area (Å²) < 4.78 is 10.6. The SMILES string of the molecule is COC(=O)c1cccc(CCC(=O)c2ccc3c(c2)OCc2cnccc2-3)c1. The van der Waals surface area contributed by atoms with Gasteiger partial charge in [-0.15, -0.1) is 0 Å². The van der Waals surface area contributed by atoms with Crippen LogP contribution in [0, 0.1) is 0 Å². The van der Waals surface area contributed by atoms with Crippen molar-refractivity contribution in [2.24, 2.45) is 0 Å². The number of carbonyl (C=O) groups is 2. The lowest BCUT2D eigenvalue weighted by Gasteiger charge is -2.20. The number of methoxy groups -OCH3 is 1. The van der Waals surface area contributed by atoms with E-state index in [1.165, 1.54) is 7.11 Å². The summed E-state index contributed by atoms with van der Waals surface area (Å²) in [5, 5.41) is 0. The number of carbonyl (C=O) groups excluding carboxylic acids is 2. The molecule has 5 heteroatoms. The van der Waals surface area contributed by atoms with Gasteiger partial charge in [0.2, 0.25) is 0 Å². The van der Waals surface area contributed by atoms with E-state index in [0.29, 0.717) is 30.6 Å². The molecule has 1 aliphatic heterocycles. The number of esters is 1. The first-order chi connectivity index (χ1) is 13.7. The summed E-state index contributed by atoms with van der Waals surface area (Å²) in [5.41, 5.74) is 5.15. The molecule has 2 heterocycles. The summed E-state index contributed by atoms with van der Waals surface area (Å²) in [6, 6.07) is 14.7. The fourth-order valence-electron chi connectivity index (χ4n) is 3.37. The van der Waals surface area contributed by atoms with Gasteiger partial charge in [0.25, 0.3) is 0 Å². The van der Waals surface area contributed by atoms with Crippen molar-refractivity contribution in [3.63, 3.8) is 0 Å². The summed E-state index contributed by atoms with van der Waals surface area (Å²) >= 11 is 0. The Labute approximate surface area is 162 Å². The highest BCUT2D eigenvalue weighted by Gasteiger charge is 2.19. The number of benzene rings is 2. The summed E-state index contributed by atoms with van der Waals surface area (Å²) in [6.07, 6.45) is 4.47. The molecule has 4 rings (SSSR count). The Morgan fingerprint density at radius 2 is 1.96 bits per heavy atom. The summed E-state index contributed by atoms with van der Waals surface area (Å²) in [7, 11) is 1.35. The van der Waals surface area contributed by atoms with E-state index in [0.717, 1.165) is 28.0 Å². The number of pyridine rings is 1. The van der Waals surface area contributed by atoms with E-state index in [1.807, 2.05) is 30.3 Å². The second-order valence-corrected chi connectivity index (χ2v) is 6.65. The third-order valence-corrected chi connectivity index (χ3v) is 4.87. The van der Waals surface area contributed by atoms with Gasteiger partial charge in [-0.1, -0.05) is 18.2 Å². The number of Topliss-reactive ketones (excluding diaryl/α,β-unsaturated/α-hetero) is 1. The van der Waals surface area contributed by atoms with E-state index in [1.54, 1.807) is 30.6 Å². The van der Waals surface area contributed by atoms with Gasteiger partial charge in [0.1, 0.15) is 12.4 Å². The minimum atomic E-state index is -0.379. The van der Waals surface area contributed by atoms with E-state index >= 15 is 0 Å². The molecule has 0 bridgehead atoms. The lowest BCUT2D eigenvalue weighted by molar-refractivity contribution is 0.0600. The Morgan fingerprint density at radius 3 is 2.82 bits per heavy atom. The molecule has 0 spiro atoms. The quantitative estimate of drug-likeness (QED) is 0.494. The minimum absolute atomic E-state index is 0.0374. The van der Waals surface area contributed by atoms with Gasteiger partial charge in [-0.2, -0.15) is 0 Å². The zero-order valence-corrected chi connectivity index (χ0v) is 15.5. The monoisotopic (exact) mass is 373 g/mol. The second-order valence-electron chi connectivity index (χ2n) is 6.65. The summed E-state index contributed by atoms with van der Waals surface area (Å²) in [5.74, 6) is 0.378. The molecule has 0 saturated heterocycles. The average Bonchev–Trinajstić information content (AvgIpc) is 2.76. The summed E-state index contributed by atoms with van der Waals surface area (Å²) in [4.78, 5) is 28.4. The third kappa shape index (κ3) is 3.51. The van der Waals surface area contributed by atoms with Crippen molar-refractivity contribution in [3.05, 3.63) is 83.2 Å². The Hall–Kier alpha value is -3.47. The van der Waals surface area contributed by atoms with Gasteiger partial charge in [0.15, 0.2) is 5.78 Å². The van der Waals surface area contributed by atoms with Gasteiger partial charge in [0, 0.05) is 35.5 Å². The normalized spacial score (nSPS) is 11.8. The van der Waals surface area contributed by atoms with Gasteiger partial charge in [-0.05, 0) is 47.9 Å². The van der Waals surface area contributed by atoms with Crippen molar-refractivity contribution in [3.8, 4) is 16.9 Å². The smallest absolute Gasteiger partial charge is 0.337 e. The maximum absolute atomic E-state index is 12.7. The van der Waals surface area contributed by atoms with Crippen LogP contribution in [0.3, 0.4) is 0 Å². The van der Waals surface area contributed by atoms with E-state index < -0.39 is 0 Å². The van der Waals surface area contributed by atoms with Crippen molar-refractivity contribution in [2.75, 3.05) is 7.11 Å². The Morgan fingerprint density at radius 1 is 1.07 bits per heavy atom. The molecule has 0 unspecified atom stereocenters. The van der Waals surface area contributed by atoms with Gasteiger partial charge >= 0.3 is 5.97 Å². The Bertz CT molecular complexity index is 1060. The standard InChI is InChI=1S/C23H19NO4/c1-27-23(26)17-4-2-3-15(11-17)5-8-21(25)16-6-7-20-19-9-10-24-13-18(19)14-28-22(20)12-16/h2-4,6-7,9-13H,5,8,14H2,1H3. The molecule has 1 aliphatic rings. The molecule has 0 radical (unpaired) electrons. The molecule has 3 aromatic rings. The average molecular weight is 373 g/mol. The van der Waals surface area contributed by atoms with Crippen LogP contribution in [0.4, 0.5) is 0 Å². The lowest BCUT2D eigenvalue weighted by atomic mass is 9.95. The third-order valence-electron chi connectivity index (χ3n) is 4.87. The number of aromatic nitrogens is 1. The predicted molar refractivity (Wildman–Crippen MR) is 104 cm³/mol. The van der Waals surface area contributed by atoms with Crippen molar-refractivity contribution in [1.29, 1.82) is 0 Å². The molecule has 0 saturated carbocycles. The number of fused-ring (bicyclic) bond motifs is 3. The lowest BCUT2D eigenvalue weighted by Crippen LogP contribution is -2.08. The van der Waals surface area contributed by atoms with E-state index in [4.69, 9.17) is 9.47 Å². The first-order valence-electron chi connectivity index (χ1n) is 9.06. The van der Waals surface area contributed by atoms with E-state index in [2.05, 4.69) is 4.98 Å². The zero-order chi connectivity index (χ0) is 19.5. The highest BCUT2D eigenvalue weighted by atomic mass is 16.5. The second kappa shape index (κ2) is 7.64. The first kappa shape index (κ1) is 17.9. The molecule has 5 nitrogen and oxygen atoms in total. The maximum Gasteiger partial charge on any atom is 0.337 e. The molecule has 1 aromatic heterocycles. The molecule has 140 valence electrons. The van der Waals surface area contributed by atoms with Gasteiger partial charge in [-0.25, -0.2) is 4.79 Å². The highest BCUT2D eigenvalue weighted by molar-refractivity contribution is 5.97. The molecule has 2 aromatic carbocycles. The number of nitrogens with zero attached hydrogens (tertiary/aromatic N) is 1. The fourth-order valence-corrected chi connectivity index (χ4v) is 3.37. The van der Waals surface area contributed by atoms with Crippen LogP contribution in [0.2, 0.25) is 0 Å². The number of aryl methyl sites for hydroxylation is 1. The van der Waals surface area contributed by atoms with E-state index in [-0.39, 0.29) is 11.8 Å². The number of ether oxygens (including phenoxy) is 2. The van der Waals surface area contributed by atoms with Gasteiger partial charge in [0.05, 0.1) is 12.7 Å². The maximum atomic E-state index is 12.7. The number of hydrogen-bond acceptors (Lipinski definition) is 5. The van der Waals surface area contributed by atoms with Crippen molar-refractivity contribution < 1.29 is 19.1 Å². The van der Waals surface area contributed by atoms with Crippen LogP contribution < -0.4 is 4.74 Å². The van der Waals surface area contributed by atoms with Crippen molar-refractivity contribution in [1.82, 2.24) is 4.98 Å². The Balaban J connectivity index is 1.49. The van der Waals surface area contributed by atoms with E-state index in [9.17, 15) is 9.59 Å². The first-order valence-corrected chi connectivity index (χ1v) is 9.06. The minimum Gasteiger partial charge on any atom is -0.488 e. The molecule has 0 aliphatic carbocycles. The van der Waals surface area contributed by atoms with Crippen molar-refractivity contribution >= 4 is 11.8 Å². The molecular formula is C23H19NO4. The molecule has 0 fully saturated rings. The fraction of sp³-hybridized carbons (Fsp3) is 0.174. The van der Waals surface area contributed by atoms with Gasteiger partial charge < -0.3 is 9.47 Å².